The van der Waals surface area contributed by atoms with Crippen LogP contribution in [0.3, 0.4) is 0 Å². The molecule has 0 bridgehead atoms. The Morgan fingerprint density at radius 1 is 1.50 bits per heavy atom. The van der Waals surface area contributed by atoms with E-state index in [-0.39, 0.29) is 5.91 Å². The second kappa shape index (κ2) is 4.41. The summed E-state index contributed by atoms with van der Waals surface area (Å²) in [5.74, 6) is 0.663. The molecule has 3 N–H and O–H groups in total. The lowest BCUT2D eigenvalue weighted by Crippen LogP contribution is -2.10. The first-order valence-electron chi connectivity index (χ1n) is 4.26. The number of carbonyl (C=O) groups is 1. The van der Waals surface area contributed by atoms with Crippen LogP contribution < -0.4 is 11.1 Å². The molecule has 14 heavy (non-hydrogen) atoms. The second-order valence-corrected chi connectivity index (χ2v) is 3.16. The van der Waals surface area contributed by atoms with Crippen LogP contribution in [0.2, 0.25) is 0 Å². The molecule has 0 saturated carbocycles. The fraction of sp³-hybridized carbons (Fsp3) is 0.200. The van der Waals surface area contributed by atoms with Crippen LogP contribution in [0.4, 0.5) is 11.6 Å². The first-order valence-corrected chi connectivity index (χ1v) is 4.26. The lowest BCUT2D eigenvalue weighted by Gasteiger charge is -2.01. The average Bonchev–Trinajstić information content (AvgIpc) is 2.01. The van der Waals surface area contributed by atoms with Crippen LogP contribution in [-0.2, 0) is 4.79 Å². The third kappa shape index (κ3) is 3.26. The van der Waals surface area contributed by atoms with Crippen molar-refractivity contribution in [1.82, 2.24) is 4.98 Å². The van der Waals surface area contributed by atoms with E-state index in [9.17, 15) is 4.79 Å². The zero-order valence-electron chi connectivity index (χ0n) is 8.24. The van der Waals surface area contributed by atoms with Crippen LogP contribution in [0.1, 0.15) is 13.8 Å². The minimum Gasteiger partial charge on any atom is -0.384 e. The van der Waals surface area contributed by atoms with Gasteiger partial charge in [0.2, 0.25) is 5.91 Å². The number of nitrogen functional groups attached to an aromatic ring is 1. The molecule has 74 valence electrons. The Labute approximate surface area is 82.8 Å². The Balaban J connectivity index is 2.70. The molecular weight excluding hydrogens is 178 g/mol. The van der Waals surface area contributed by atoms with Crippen molar-refractivity contribution in [3.05, 3.63) is 29.8 Å². The summed E-state index contributed by atoms with van der Waals surface area (Å²) in [4.78, 5) is 15.2. The first-order chi connectivity index (χ1) is 6.58. The van der Waals surface area contributed by atoms with Crippen molar-refractivity contribution >= 4 is 17.5 Å². The van der Waals surface area contributed by atoms with Gasteiger partial charge in [0.05, 0.1) is 0 Å². The van der Waals surface area contributed by atoms with Crippen molar-refractivity contribution < 1.29 is 4.79 Å². The molecule has 4 nitrogen and oxygen atoms in total. The number of hydrogen-bond acceptors (Lipinski definition) is 3. The molecule has 1 rings (SSSR count). The van der Waals surface area contributed by atoms with Gasteiger partial charge in [-0.25, -0.2) is 4.98 Å². The van der Waals surface area contributed by atoms with Crippen molar-refractivity contribution in [2.24, 2.45) is 0 Å². The van der Waals surface area contributed by atoms with Crippen LogP contribution in [0.5, 0.6) is 0 Å². The molecule has 0 saturated heterocycles. The summed E-state index contributed by atoms with van der Waals surface area (Å²) in [5.41, 5.74) is 6.39. The maximum absolute atomic E-state index is 11.3. The van der Waals surface area contributed by atoms with Crippen molar-refractivity contribution in [3.63, 3.8) is 0 Å². The molecule has 4 heteroatoms. The van der Waals surface area contributed by atoms with E-state index < -0.39 is 0 Å². The number of amides is 1. The molecule has 0 fully saturated rings. The molecule has 1 heterocycles. The van der Waals surface area contributed by atoms with E-state index >= 15 is 0 Å². The Morgan fingerprint density at radius 2 is 2.21 bits per heavy atom. The number of hydrogen-bond donors (Lipinski definition) is 2. The number of nitrogens with zero attached hydrogens (tertiary/aromatic N) is 1. The maximum atomic E-state index is 11.3. The Bertz CT molecular complexity index is 367. The van der Waals surface area contributed by atoms with Gasteiger partial charge in [-0.3, -0.25) is 4.79 Å². The summed E-state index contributed by atoms with van der Waals surface area (Å²) in [5, 5.41) is 2.61. The predicted octanol–water partition coefficient (Wildman–Crippen LogP) is 1.57. The predicted molar refractivity (Wildman–Crippen MR) is 56.7 cm³/mol. The zero-order valence-corrected chi connectivity index (χ0v) is 8.24. The molecule has 1 amide bonds. The van der Waals surface area contributed by atoms with Gasteiger partial charge in [0.1, 0.15) is 11.6 Å². The van der Waals surface area contributed by atoms with E-state index in [0.717, 1.165) is 5.57 Å². The number of rotatable bonds is 2. The van der Waals surface area contributed by atoms with Gasteiger partial charge in [-0.05, 0) is 26.0 Å². The van der Waals surface area contributed by atoms with Gasteiger partial charge in [0, 0.05) is 6.08 Å². The van der Waals surface area contributed by atoms with Crippen molar-refractivity contribution in [1.29, 1.82) is 0 Å². The molecule has 0 aliphatic carbocycles. The number of pyridine rings is 1. The normalized spacial score (nSPS) is 9.29. The monoisotopic (exact) mass is 191 g/mol. The fourth-order valence-corrected chi connectivity index (χ4v) is 0.946. The van der Waals surface area contributed by atoms with E-state index in [1.165, 1.54) is 6.08 Å². The van der Waals surface area contributed by atoms with Crippen molar-refractivity contribution in [3.8, 4) is 0 Å². The van der Waals surface area contributed by atoms with Crippen LogP contribution in [0.15, 0.2) is 29.8 Å². The number of carbonyl (C=O) groups excluding carboxylic acids is 1. The van der Waals surface area contributed by atoms with E-state index in [4.69, 9.17) is 5.73 Å². The molecule has 0 aliphatic rings. The summed E-state index contributed by atoms with van der Waals surface area (Å²) >= 11 is 0. The molecule has 0 aromatic carbocycles. The molecule has 0 radical (unpaired) electrons. The minimum atomic E-state index is -0.192. The van der Waals surface area contributed by atoms with Gasteiger partial charge >= 0.3 is 0 Å². The summed E-state index contributed by atoms with van der Waals surface area (Å²) in [6.45, 7) is 3.71. The SMILES string of the molecule is CC(C)=CC(=O)Nc1cccc(N)n1. The zero-order chi connectivity index (χ0) is 10.6. The third-order valence-corrected chi connectivity index (χ3v) is 1.44. The van der Waals surface area contributed by atoms with Crippen LogP contribution in [0, 0.1) is 0 Å². The molecule has 0 spiro atoms. The molecular formula is C10H13N3O. The fourth-order valence-electron chi connectivity index (χ4n) is 0.946. The largest absolute Gasteiger partial charge is 0.384 e. The summed E-state index contributed by atoms with van der Waals surface area (Å²) in [6, 6.07) is 5.09. The van der Waals surface area contributed by atoms with Crippen LogP contribution in [-0.4, -0.2) is 10.9 Å². The summed E-state index contributed by atoms with van der Waals surface area (Å²) in [6.07, 6.45) is 1.50. The number of allylic oxidation sites excluding steroid dienone is 1. The minimum absolute atomic E-state index is 0.192. The van der Waals surface area contributed by atoms with Gasteiger partial charge in [-0.15, -0.1) is 0 Å². The van der Waals surface area contributed by atoms with Gasteiger partial charge in [-0.2, -0.15) is 0 Å². The number of nitrogens with one attached hydrogen (secondary N) is 1. The van der Waals surface area contributed by atoms with Crippen LogP contribution >= 0.6 is 0 Å². The number of anilines is 2. The molecule has 0 aliphatic heterocycles. The van der Waals surface area contributed by atoms with Gasteiger partial charge in [0.15, 0.2) is 0 Å². The van der Waals surface area contributed by atoms with E-state index in [1.807, 2.05) is 13.8 Å². The standard InChI is InChI=1S/C10H13N3O/c1-7(2)6-10(14)13-9-5-3-4-8(11)12-9/h3-6H,1-2H3,(H3,11,12,13,14). The highest BCUT2D eigenvalue weighted by Crippen LogP contribution is 2.05. The highest BCUT2D eigenvalue weighted by atomic mass is 16.1. The van der Waals surface area contributed by atoms with Gasteiger partial charge in [0.25, 0.3) is 0 Å². The quantitative estimate of drug-likeness (QED) is 0.697. The topological polar surface area (TPSA) is 68.0 Å². The first kappa shape index (κ1) is 10.2. The molecule has 0 atom stereocenters. The molecule has 1 aromatic heterocycles. The third-order valence-electron chi connectivity index (χ3n) is 1.44. The van der Waals surface area contributed by atoms with Gasteiger partial charge < -0.3 is 11.1 Å². The Kier molecular flexibility index (Phi) is 3.23. The highest BCUT2D eigenvalue weighted by molar-refractivity contribution is 5.99. The van der Waals surface area contributed by atoms with Gasteiger partial charge in [-0.1, -0.05) is 11.6 Å². The van der Waals surface area contributed by atoms with E-state index in [1.54, 1.807) is 18.2 Å². The molecule has 1 aromatic rings. The maximum Gasteiger partial charge on any atom is 0.249 e. The Hall–Kier alpha value is -1.84. The Morgan fingerprint density at radius 3 is 2.79 bits per heavy atom. The lowest BCUT2D eigenvalue weighted by atomic mass is 10.3. The number of nitrogens with two attached hydrogens (primary N) is 1. The highest BCUT2D eigenvalue weighted by Gasteiger charge is 1.99. The van der Waals surface area contributed by atoms with Crippen LogP contribution in [0.25, 0.3) is 0 Å². The van der Waals surface area contributed by atoms with E-state index in [2.05, 4.69) is 10.3 Å². The smallest absolute Gasteiger partial charge is 0.249 e. The van der Waals surface area contributed by atoms with Crippen molar-refractivity contribution in [2.75, 3.05) is 11.1 Å². The average molecular weight is 191 g/mol. The lowest BCUT2D eigenvalue weighted by molar-refractivity contribution is -0.112. The van der Waals surface area contributed by atoms with Crippen molar-refractivity contribution in [2.45, 2.75) is 13.8 Å². The summed E-state index contributed by atoms with van der Waals surface area (Å²) < 4.78 is 0. The molecule has 0 unspecified atom stereocenters. The summed E-state index contributed by atoms with van der Waals surface area (Å²) in [7, 11) is 0. The number of aromatic nitrogens is 1. The van der Waals surface area contributed by atoms with E-state index in [0.29, 0.717) is 11.6 Å². The second-order valence-electron chi connectivity index (χ2n) is 3.16.